The van der Waals surface area contributed by atoms with Crippen molar-refractivity contribution in [2.75, 3.05) is 25.4 Å². The van der Waals surface area contributed by atoms with Gasteiger partial charge in [0.2, 0.25) is 0 Å². The first-order valence-corrected chi connectivity index (χ1v) is 7.28. The lowest BCUT2D eigenvalue weighted by molar-refractivity contribution is -0.00780. The maximum absolute atomic E-state index is 11.8. The van der Waals surface area contributed by atoms with Gasteiger partial charge in [0.1, 0.15) is 11.4 Å². The number of nitrogens with zero attached hydrogens (tertiary/aromatic N) is 1. The smallest absolute Gasteiger partial charge is 0.410 e. The Morgan fingerprint density at radius 3 is 2.71 bits per heavy atom. The number of likely N-dealkylation sites (tertiary alicyclic amines) is 1. The van der Waals surface area contributed by atoms with Gasteiger partial charge in [-0.25, -0.2) is 4.79 Å². The summed E-state index contributed by atoms with van der Waals surface area (Å²) in [6, 6.07) is 5.13. The summed E-state index contributed by atoms with van der Waals surface area (Å²) in [5, 5.41) is 0.535. The number of carbonyl (C=O) groups is 1. The summed E-state index contributed by atoms with van der Waals surface area (Å²) in [4.78, 5) is 13.5. The highest BCUT2D eigenvalue weighted by molar-refractivity contribution is 6.32. The van der Waals surface area contributed by atoms with Gasteiger partial charge in [0, 0.05) is 30.8 Å². The van der Waals surface area contributed by atoms with Crippen molar-refractivity contribution < 1.29 is 14.3 Å². The first-order valence-electron chi connectivity index (χ1n) is 6.90. The van der Waals surface area contributed by atoms with Gasteiger partial charge in [-0.3, -0.25) is 0 Å². The van der Waals surface area contributed by atoms with Crippen molar-refractivity contribution in [1.29, 1.82) is 0 Å². The summed E-state index contributed by atoms with van der Waals surface area (Å²) in [5.41, 5.74) is 5.84. The number of carbonyl (C=O) groups excluding carboxylic acids is 1. The number of benzene rings is 1. The van der Waals surface area contributed by atoms with Crippen LogP contribution in [0.3, 0.4) is 0 Å². The SMILES string of the molecule is CC(C)(C)OC(=O)N1CC(COc2cc(N)ccc2Cl)C1. The van der Waals surface area contributed by atoms with E-state index in [1.54, 1.807) is 23.1 Å². The van der Waals surface area contributed by atoms with E-state index < -0.39 is 5.60 Å². The lowest BCUT2D eigenvalue weighted by Crippen LogP contribution is -2.53. The van der Waals surface area contributed by atoms with Gasteiger partial charge in [0.15, 0.2) is 0 Å². The summed E-state index contributed by atoms with van der Waals surface area (Å²) < 4.78 is 11.0. The maximum Gasteiger partial charge on any atom is 0.410 e. The van der Waals surface area contributed by atoms with Crippen molar-refractivity contribution in [3.05, 3.63) is 23.2 Å². The molecule has 6 heteroatoms. The zero-order valence-electron chi connectivity index (χ0n) is 12.6. The molecule has 0 radical (unpaired) electrons. The average Bonchev–Trinajstić information content (AvgIpc) is 2.29. The minimum Gasteiger partial charge on any atom is -0.492 e. The molecule has 2 rings (SSSR count). The summed E-state index contributed by atoms with van der Waals surface area (Å²) in [6.45, 7) is 7.33. The van der Waals surface area contributed by atoms with Crippen LogP contribution in [0.15, 0.2) is 18.2 Å². The Kier molecular flexibility index (Phi) is 4.52. The zero-order valence-corrected chi connectivity index (χ0v) is 13.3. The fraction of sp³-hybridized carbons (Fsp3) is 0.533. The Morgan fingerprint density at radius 1 is 1.43 bits per heavy atom. The molecule has 1 aliphatic rings. The second kappa shape index (κ2) is 6.02. The molecule has 0 saturated carbocycles. The van der Waals surface area contributed by atoms with Crippen LogP contribution in [0.1, 0.15) is 20.8 Å². The van der Waals surface area contributed by atoms with E-state index in [4.69, 9.17) is 26.8 Å². The number of halogens is 1. The van der Waals surface area contributed by atoms with E-state index in [9.17, 15) is 4.79 Å². The van der Waals surface area contributed by atoms with Crippen molar-refractivity contribution in [3.8, 4) is 5.75 Å². The highest BCUT2D eigenvalue weighted by Gasteiger charge is 2.34. The summed E-state index contributed by atoms with van der Waals surface area (Å²) in [6.07, 6.45) is -0.277. The summed E-state index contributed by atoms with van der Waals surface area (Å²) >= 11 is 6.03. The number of nitrogens with two attached hydrogens (primary N) is 1. The molecule has 0 aromatic heterocycles. The maximum atomic E-state index is 11.8. The van der Waals surface area contributed by atoms with Gasteiger partial charge in [-0.15, -0.1) is 0 Å². The van der Waals surface area contributed by atoms with Crippen LogP contribution in [0.25, 0.3) is 0 Å². The van der Waals surface area contributed by atoms with Gasteiger partial charge in [0.25, 0.3) is 0 Å². The predicted octanol–water partition coefficient (Wildman–Crippen LogP) is 3.17. The molecule has 0 bridgehead atoms. The average molecular weight is 313 g/mol. The van der Waals surface area contributed by atoms with Crippen LogP contribution in [0.2, 0.25) is 5.02 Å². The molecule has 1 heterocycles. The second-order valence-corrected chi connectivity index (χ2v) is 6.66. The van der Waals surface area contributed by atoms with Gasteiger partial charge in [0.05, 0.1) is 11.6 Å². The molecule has 1 aromatic rings. The Morgan fingerprint density at radius 2 is 2.10 bits per heavy atom. The van der Waals surface area contributed by atoms with Crippen molar-refractivity contribution in [2.24, 2.45) is 5.92 Å². The molecule has 116 valence electrons. The van der Waals surface area contributed by atoms with Crippen LogP contribution >= 0.6 is 11.6 Å². The van der Waals surface area contributed by atoms with E-state index in [0.717, 1.165) is 0 Å². The van der Waals surface area contributed by atoms with Crippen LogP contribution in [0.4, 0.5) is 10.5 Å². The van der Waals surface area contributed by atoms with Crippen LogP contribution in [0.5, 0.6) is 5.75 Å². The molecule has 1 aliphatic heterocycles. The highest BCUT2D eigenvalue weighted by atomic mass is 35.5. The van der Waals surface area contributed by atoms with Gasteiger partial charge in [-0.05, 0) is 32.9 Å². The topological polar surface area (TPSA) is 64.8 Å². The minimum atomic E-state index is -0.465. The van der Waals surface area contributed by atoms with Crippen molar-refractivity contribution in [1.82, 2.24) is 4.90 Å². The fourth-order valence-corrected chi connectivity index (χ4v) is 2.16. The lowest BCUT2D eigenvalue weighted by Gasteiger charge is -2.39. The van der Waals surface area contributed by atoms with E-state index in [2.05, 4.69) is 0 Å². The molecule has 0 spiro atoms. The molecule has 2 N–H and O–H groups in total. The molecule has 0 aliphatic carbocycles. The number of nitrogen functional groups attached to an aromatic ring is 1. The number of amides is 1. The normalized spacial score (nSPS) is 15.5. The summed E-state index contributed by atoms with van der Waals surface area (Å²) in [7, 11) is 0. The molecule has 0 atom stereocenters. The van der Waals surface area contributed by atoms with Crippen molar-refractivity contribution in [3.63, 3.8) is 0 Å². The molecule has 1 aromatic carbocycles. The molecular weight excluding hydrogens is 292 g/mol. The number of hydrogen-bond acceptors (Lipinski definition) is 4. The Bertz CT molecular complexity index is 522. The molecule has 5 nitrogen and oxygen atoms in total. The largest absolute Gasteiger partial charge is 0.492 e. The van der Waals surface area contributed by atoms with Crippen LogP contribution in [-0.4, -0.2) is 36.3 Å². The van der Waals surface area contributed by atoms with E-state index in [1.807, 2.05) is 20.8 Å². The number of anilines is 1. The molecule has 21 heavy (non-hydrogen) atoms. The van der Waals surface area contributed by atoms with E-state index >= 15 is 0 Å². The van der Waals surface area contributed by atoms with Gasteiger partial charge < -0.3 is 20.1 Å². The second-order valence-electron chi connectivity index (χ2n) is 6.25. The van der Waals surface area contributed by atoms with Crippen LogP contribution in [0, 0.1) is 5.92 Å². The summed E-state index contributed by atoms with van der Waals surface area (Å²) in [5.74, 6) is 0.863. The van der Waals surface area contributed by atoms with Crippen LogP contribution in [-0.2, 0) is 4.74 Å². The Hall–Kier alpha value is -1.62. The van der Waals surface area contributed by atoms with E-state index in [-0.39, 0.29) is 12.0 Å². The lowest BCUT2D eigenvalue weighted by atomic mass is 10.0. The van der Waals surface area contributed by atoms with Gasteiger partial charge in [-0.1, -0.05) is 11.6 Å². The third-order valence-electron chi connectivity index (χ3n) is 3.04. The Labute approximate surface area is 130 Å². The molecule has 1 saturated heterocycles. The standard InChI is InChI=1S/C15H21ClN2O3/c1-15(2,3)21-14(19)18-7-10(8-18)9-20-13-6-11(17)4-5-12(13)16/h4-6,10H,7-9,17H2,1-3H3. The quantitative estimate of drug-likeness (QED) is 0.871. The molecule has 1 amide bonds. The third kappa shape index (κ3) is 4.43. The predicted molar refractivity (Wildman–Crippen MR) is 82.7 cm³/mol. The fourth-order valence-electron chi connectivity index (χ4n) is 1.99. The van der Waals surface area contributed by atoms with Gasteiger partial charge in [-0.2, -0.15) is 0 Å². The molecule has 0 unspecified atom stereocenters. The zero-order chi connectivity index (χ0) is 15.6. The van der Waals surface area contributed by atoms with E-state index in [0.29, 0.717) is 36.2 Å². The van der Waals surface area contributed by atoms with E-state index in [1.165, 1.54) is 0 Å². The van der Waals surface area contributed by atoms with Crippen molar-refractivity contribution >= 4 is 23.4 Å². The monoisotopic (exact) mass is 312 g/mol. The molecule has 1 fully saturated rings. The Balaban J connectivity index is 1.76. The first-order chi connectivity index (χ1) is 9.74. The highest BCUT2D eigenvalue weighted by Crippen LogP contribution is 2.28. The molecular formula is C15H21ClN2O3. The third-order valence-corrected chi connectivity index (χ3v) is 3.35. The van der Waals surface area contributed by atoms with Gasteiger partial charge >= 0.3 is 6.09 Å². The number of hydrogen-bond donors (Lipinski definition) is 1. The first kappa shape index (κ1) is 15.8. The number of rotatable bonds is 3. The number of ether oxygens (including phenoxy) is 2. The van der Waals surface area contributed by atoms with Crippen LogP contribution < -0.4 is 10.5 Å². The minimum absolute atomic E-state index is 0.277. The van der Waals surface area contributed by atoms with Crippen molar-refractivity contribution in [2.45, 2.75) is 26.4 Å².